The number of hydrogen-bond acceptors (Lipinski definition) is 5. The average Bonchev–Trinajstić information content (AvgIpc) is 2.87. The number of urea groups is 1. The number of para-hydroxylation sites is 2. The second-order valence-electron chi connectivity index (χ2n) is 8.13. The number of rotatable bonds is 7. The van der Waals surface area contributed by atoms with E-state index in [1.807, 2.05) is 54.6 Å². The van der Waals surface area contributed by atoms with Crippen molar-refractivity contribution in [3.63, 3.8) is 0 Å². The third-order valence-corrected chi connectivity index (χ3v) is 5.91. The Kier molecular flexibility index (Phi) is 7.41. The van der Waals surface area contributed by atoms with Gasteiger partial charge in [-0.3, -0.25) is 4.79 Å². The van der Waals surface area contributed by atoms with Crippen LogP contribution in [0.3, 0.4) is 0 Å². The Morgan fingerprint density at radius 3 is 2.62 bits per heavy atom. The van der Waals surface area contributed by atoms with Crippen LogP contribution in [0.1, 0.15) is 18.4 Å². The molecule has 1 fully saturated rings. The van der Waals surface area contributed by atoms with E-state index in [0.29, 0.717) is 44.0 Å². The van der Waals surface area contributed by atoms with Crippen molar-refractivity contribution >= 4 is 34.3 Å². The monoisotopic (exact) mass is 465 g/mol. The summed E-state index contributed by atoms with van der Waals surface area (Å²) in [5, 5.41) is 10.1. The number of carbonyl (C=O) groups excluding carboxylic acids is 2. The Morgan fingerprint density at radius 1 is 1.12 bits per heavy atom. The number of likely N-dealkylation sites (tertiary alicyclic amines) is 1. The van der Waals surface area contributed by atoms with Crippen molar-refractivity contribution in [2.45, 2.75) is 25.4 Å². The Balaban J connectivity index is 1.46. The summed E-state index contributed by atoms with van der Waals surface area (Å²) in [6.45, 7) is 0.332. The van der Waals surface area contributed by atoms with E-state index in [4.69, 9.17) is 9.72 Å². The zero-order valence-electron chi connectivity index (χ0n) is 19.0. The first-order valence-electron chi connectivity index (χ1n) is 11.2. The molecule has 0 atom stereocenters. The van der Waals surface area contributed by atoms with Gasteiger partial charge >= 0.3 is 6.03 Å². The Hall–Kier alpha value is -3.88. The normalized spacial score (nSPS) is 14.0. The molecule has 34 heavy (non-hydrogen) atoms. The topological polar surface area (TPSA) is 95.6 Å². The van der Waals surface area contributed by atoms with Crippen LogP contribution in [0.4, 0.5) is 20.7 Å². The molecular formula is C25H28FN5O3. The minimum Gasteiger partial charge on any atom is -0.496 e. The first-order valence-corrected chi connectivity index (χ1v) is 11.2. The van der Waals surface area contributed by atoms with Crippen LogP contribution >= 0.6 is 0 Å². The number of halogens is 1. The number of fused-ring (bicyclic) bond motifs is 1. The molecule has 3 N–H and O–H groups in total. The number of pyridine rings is 1. The molecule has 1 aliphatic rings. The fraction of sp³-hybridized carbons (Fsp3) is 0.320. The Bertz CT molecular complexity index is 1160. The van der Waals surface area contributed by atoms with Crippen LogP contribution < -0.4 is 20.7 Å². The van der Waals surface area contributed by atoms with Crippen LogP contribution in [-0.2, 0) is 11.3 Å². The molecule has 2 aromatic carbocycles. The Morgan fingerprint density at radius 2 is 1.85 bits per heavy atom. The van der Waals surface area contributed by atoms with Crippen molar-refractivity contribution in [3.05, 3.63) is 60.2 Å². The van der Waals surface area contributed by atoms with E-state index in [1.54, 1.807) is 7.11 Å². The van der Waals surface area contributed by atoms with Crippen molar-refractivity contribution in [1.29, 1.82) is 0 Å². The maximum absolute atomic E-state index is 12.8. The highest BCUT2D eigenvalue weighted by atomic mass is 19.1. The first kappa shape index (κ1) is 23.3. The number of benzene rings is 2. The maximum atomic E-state index is 12.8. The van der Waals surface area contributed by atoms with E-state index in [1.165, 1.54) is 4.90 Å². The minimum atomic E-state index is -0.988. The van der Waals surface area contributed by atoms with Crippen LogP contribution in [0.2, 0.25) is 0 Å². The molecule has 0 aliphatic carbocycles. The predicted octanol–water partition coefficient (Wildman–Crippen LogP) is 3.94. The van der Waals surface area contributed by atoms with Gasteiger partial charge in [-0.15, -0.1) is 0 Å². The zero-order chi connectivity index (χ0) is 23.9. The van der Waals surface area contributed by atoms with Crippen molar-refractivity contribution in [3.8, 4) is 5.75 Å². The number of nitrogens with zero attached hydrogens (tertiary/aromatic N) is 2. The fourth-order valence-corrected chi connectivity index (χ4v) is 4.08. The summed E-state index contributed by atoms with van der Waals surface area (Å²) in [6, 6.07) is 16.8. The number of piperidine rings is 1. The molecule has 0 spiro atoms. The number of alkyl halides is 1. The van der Waals surface area contributed by atoms with Crippen LogP contribution in [0.15, 0.2) is 54.6 Å². The second kappa shape index (κ2) is 10.8. The van der Waals surface area contributed by atoms with Crippen molar-refractivity contribution in [2.75, 3.05) is 37.5 Å². The molecule has 1 saturated heterocycles. The number of aromatic nitrogens is 1. The van der Waals surface area contributed by atoms with Gasteiger partial charge < -0.3 is 25.6 Å². The van der Waals surface area contributed by atoms with Gasteiger partial charge in [-0.1, -0.05) is 36.4 Å². The van der Waals surface area contributed by atoms with Gasteiger partial charge in [-0.05, 0) is 31.0 Å². The molecule has 3 aromatic rings. The summed E-state index contributed by atoms with van der Waals surface area (Å²) in [7, 11) is 1.63. The number of methoxy groups -OCH3 is 1. The minimum absolute atomic E-state index is 0.0953. The summed E-state index contributed by atoms with van der Waals surface area (Å²) in [4.78, 5) is 30.5. The molecule has 0 radical (unpaired) electrons. The fourth-order valence-electron chi connectivity index (χ4n) is 4.08. The van der Waals surface area contributed by atoms with E-state index >= 15 is 0 Å². The second-order valence-corrected chi connectivity index (χ2v) is 8.13. The van der Waals surface area contributed by atoms with Gasteiger partial charge in [-0.2, -0.15) is 0 Å². The number of hydrogen-bond donors (Lipinski definition) is 3. The molecule has 0 bridgehead atoms. The van der Waals surface area contributed by atoms with Crippen LogP contribution in [-0.4, -0.2) is 54.7 Å². The smallest absolute Gasteiger partial charge is 0.319 e. The lowest BCUT2D eigenvalue weighted by atomic mass is 10.1. The molecule has 1 aliphatic heterocycles. The summed E-state index contributed by atoms with van der Waals surface area (Å²) >= 11 is 0. The van der Waals surface area contributed by atoms with Crippen LogP contribution in [0.5, 0.6) is 5.75 Å². The summed E-state index contributed by atoms with van der Waals surface area (Å²) < 4.78 is 18.0. The van der Waals surface area contributed by atoms with Gasteiger partial charge in [0.25, 0.3) is 5.91 Å². The highest BCUT2D eigenvalue weighted by molar-refractivity contribution is 5.96. The molecular weight excluding hydrogens is 437 g/mol. The standard InChI is InChI=1S/C25H28FN5O3/c1-34-22-9-5-3-7-18(22)16-27-24-21(14-17-6-2-4-8-20(17)29-24)30-25(33)28-19-10-12-31(13-11-19)23(32)15-26/h2-9,14,19H,10-13,15-16H2,1H3,(H,27,29)(H2,28,30,33). The first-order chi connectivity index (χ1) is 16.6. The van der Waals surface area contributed by atoms with Gasteiger partial charge in [0.2, 0.25) is 0 Å². The van der Waals surface area contributed by atoms with Crippen LogP contribution in [0, 0.1) is 0 Å². The van der Waals surface area contributed by atoms with Crippen molar-refractivity contribution < 1.29 is 18.7 Å². The third kappa shape index (κ3) is 5.54. The average molecular weight is 466 g/mol. The maximum Gasteiger partial charge on any atom is 0.319 e. The molecule has 1 aromatic heterocycles. The quantitative estimate of drug-likeness (QED) is 0.491. The van der Waals surface area contributed by atoms with Gasteiger partial charge in [0, 0.05) is 36.6 Å². The number of carbonyl (C=O) groups is 2. The lowest BCUT2D eigenvalue weighted by Crippen LogP contribution is -2.48. The van der Waals surface area contributed by atoms with E-state index in [-0.39, 0.29) is 12.1 Å². The summed E-state index contributed by atoms with van der Waals surface area (Å²) in [5.74, 6) is 0.805. The number of amides is 3. The number of nitrogens with one attached hydrogen (secondary N) is 3. The molecule has 3 amide bonds. The van der Waals surface area contributed by atoms with Crippen LogP contribution in [0.25, 0.3) is 10.9 Å². The van der Waals surface area contributed by atoms with Gasteiger partial charge in [0.05, 0.1) is 18.3 Å². The van der Waals surface area contributed by atoms with Gasteiger partial charge in [-0.25, -0.2) is 14.2 Å². The van der Waals surface area contributed by atoms with Gasteiger partial charge in [0.15, 0.2) is 12.5 Å². The molecule has 178 valence electrons. The van der Waals surface area contributed by atoms with E-state index in [9.17, 15) is 14.0 Å². The zero-order valence-corrected chi connectivity index (χ0v) is 19.0. The van der Waals surface area contributed by atoms with E-state index < -0.39 is 12.6 Å². The highest BCUT2D eigenvalue weighted by Gasteiger charge is 2.24. The van der Waals surface area contributed by atoms with Crippen molar-refractivity contribution in [1.82, 2.24) is 15.2 Å². The lowest BCUT2D eigenvalue weighted by molar-refractivity contribution is -0.133. The molecule has 0 saturated carbocycles. The molecule has 2 heterocycles. The van der Waals surface area contributed by atoms with E-state index in [2.05, 4.69) is 16.0 Å². The molecule has 0 unspecified atom stereocenters. The summed E-state index contributed by atoms with van der Waals surface area (Å²) in [5.41, 5.74) is 2.32. The Labute approximate surface area is 197 Å². The predicted molar refractivity (Wildman–Crippen MR) is 130 cm³/mol. The van der Waals surface area contributed by atoms with E-state index in [0.717, 1.165) is 22.2 Å². The summed E-state index contributed by atoms with van der Waals surface area (Å²) in [6.07, 6.45) is 1.15. The number of ether oxygens (including phenoxy) is 1. The highest BCUT2D eigenvalue weighted by Crippen LogP contribution is 2.27. The lowest BCUT2D eigenvalue weighted by Gasteiger charge is -2.31. The van der Waals surface area contributed by atoms with Gasteiger partial charge in [0.1, 0.15) is 5.75 Å². The number of anilines is 2. The molecule has 9 heteroatoms. The largest absolute Gasteiger partial charge is 0.496 e. The third-order valence-electron chi connectivity index (χ3n) is 5.91. The molecule has 8 nitrogen and oxygen atoms in total. The van der Waals surface area contributed by atoms with Crippen molar-refractivity contribution in [2.24, 2.45) is 0 Å². The molecule has 4 rings (SSSR count). The SMILES string of the molecule is COc1ccccc1CNc1nc2ccccc2cc1NC(=O)NC1CCN(C(=O)CF)CC1.